The van der Waals surface area contributed by atoms with Crippen LogP contribution in [0.15, 0.2) is 18.2 Å². The van der Waals surface area contributed by atoms with Crippen molar-refractivity contribution in [3.8, 4) is 5.75 Å². The van der Waals surface area contributed by atoms with E-state index in [2.05, 4.69) is 35.8 Å². The number of piperidine rings is 1. The molecule has 1 aromatic rings. The molecule has 0 aromatic heterocycles. The number of hydrogen-bond donors (Lipinski definition) is 2. The van der Waals surface area contributed by atoms with Crippen LogP contribution in [0, 0.1) is 5.41 Å². The highest BCUT2D eigenvalue weighted by atomic mass is 16.5. The molecule has 2 aliphatic rings. The molecule has 3 rings (SSSR count). The fraction of sp³-hybridized carbons (Fsp3) is 0.625. The molecule has 19 heavy (non-hydrogen) atoms. The van der Waals surface area contributed by atoms with Gasteiger partial charge in [-0.1, -0.05) is 6.92 Å². The van der Waals surface area contributed by atoms with Crippen molar-refractivity contribution in [3.05, 3.63) is 23.8 Å². The minimum absolute atomic E-state index is 0.333. The Hall–Kier alpha value is -1.22. The lowest BCUT2D eigenvalue weighted by molar-refractivity contribution is 0.123. The monoisotopic (exact) mass is 260 g/mol. The van der Waals surface area contributed by atoms with Crippen LogP contribution in [-0.4, -0.2) is 26.2 Å². The quantitative estimate of drug-likeness (QED) is 0.877. The Morgan fingerprint density at radius 2 is 2.05 bits per heavy atom. The van der Waals surface area contributed by atoms with Crippen molar-refractivity contribution in [2.45, 2.75) is 32.6 Å². The van der Waals surface area contributed by atoms with E-state index in [0.29, 0.717) is 5.41 Å². The molecule has 1 saturated heterocycles. The lowest BCUT2D eigenvalue weighted by Crippen LogP contribution is -2.38. The Labute approximate surface area is 115 Å². The molecule has 0 aliphatic carbocycles. The van der Waals surface area contributed by atoms with Gasteiger partial charge in [-0.3, -0.25) is 0 Å². The molecule has 0 saturated carbocycles. The SMILES string of the molecule is CC1(COc2ccc3c(c2)CCCN3)CCNCC1. The fourth-order valence-corrected chi connectivity index (χ4v) is 2.97. The zero-order valence-corrected chi connectivity index (χ0v) is 11.8. The zero-order valence-electron chi connectivity index (χ0n) is 11.8. The number of fused-ring (bicyclic) bond motifs is 1. The summed E-state index contributed by atoms with van der Waals surface area (Å²) in [4.78, 5) is 0. The summed E-state index contributed by atoms with van der Waals surface area (Å²) in [5, 5.41) is 6.85. The molecule has 2 aliphatic heterocycles. The summed E-state index contributed by atoms with van der Waals surface area (Å²) in [6.07, 6.45) is 4.81. The predicted molar refractivity (Wildman–Crippen MR) is 79.0 cm³/mol. The molecular weight excluding hydrogens is 236 g/mol. The Bertz CT molecular complexity index is 438. The van der Waals surface area contributed by atoms with Gasteiger partial charge in [0.25, 0.3) is 0 Å². The first-order valence-electron chi connectivity index (χ1n) is 7.46. The number of nitrogens with one attached hydrogen (secondary N) is 2. The van der Waals surface area contributed by atoms with Gasteiger partial charge in [-0.05, 0) is 62.5 Å². The Kier molecular flexibility index (Phi) is 3.65. The lowest BCUT2D eigenvalue weighted by Gasteiger charge is -2.33. The van der Waals surface area contributed by atoms with Gasteiger partial charge in [0.1, 0.15) is 5.75 Å². The molecular formula is C16H24N2O. The third-order valence-corrected chi connectivity index (χ3v) is 4.41. The molecule has 1 aromatic carbocycles. The van der Waals surface area contributed by atoms with E-state index < -0.39 is 0 Å². The standard InChI is InChI=1S/C16H24N2O/c1-16(6-9-17-10-7-16)12-19-14-4-5-15-13(11-14)3-2-8-18-15/h4-5,11,17-18H,2-3,6-10,12H2,1H3. The highest BCUT2D eigenvalue weighted by molar-refractivity contribution is 5.55. The summed E-state index contributed by atoms with van der Waals surface area (Å²) in [6, 6.07) is 6.47. The smallest absolute Gasteiger partial charge is 0.119 e. The third-order valence-electron chi connectivity index (χ3n) is 4.41. The number of rotatable bonds is 3. The van der Waals surface area contributed by atoms with Crippen molar-refractivity contribution in [1.29, 1.82) is 0 Å². The molecule has 0 atom stereocenters. The number of ether oxygens (including phenoxy) is 1. The summed E-state index contributed by atoms with van der Waals surface area (Å²) in [6.45, 7) is 6.51. The first-order valence-corrected chi connectivity index (χ1v) is 7.46. The predicted octanol–water partition coefficient (Wildman–Crippen LogP) is 2.81. The van der Waals surface area contributed by atoms with Gasteiger partial charge < -0.3 is 15.4 Å². The molecule has 0 radical (unpaired) electrons. The maximum absolute atomic E-state index is 6.06. The maximum atomic E-state index is 6.06. The van der Waals surface area contributed by atoms with Crippen molar-refractivity contribution in [2.24, 2.45) is 5.41 Å². The summed E-state index contributed by atoms with van der Waals surface area (Å²) in [5.74, 6) is 1.03. The number of aryl methyl sites for hydroxylation is 1. The van der Waals surface area contributed by atoms with Gasteiger partial charge in [-0.2, -0.15) is 0 Å². The van der Waals surface area contributed by atoms with Gasteiger partial charge in [0.2, 0.25) is 0 Å². The lowest BCUT2D eigenvalue weighted by atomic mass is 9.82. The van der Waals surface area contributed by atoms with Crippen LogP contribution in [-0.2, 0) is 6.42 Å². The summed E-state index contributed by atoms with van der Waals surface area (Å²) >= 11 is 0. The second-order valence-corrected chi connectivity index (χ2v) is 6.20. The van der Waals surface area contributed by atoms with Crippen molar-refractivity contribution in [3.63, 3.8) is 0 Å². The summed E-state index contributed by atoms with van der Waals surface area (Å²) in [5.41, 5.74) is 3.02. The van der Waals surface area contributed by atoms with Crippen LogP contribution >= 0.6 is 0 Å². The van der Waals surface area contributed by atoms with Gasteiger partial charge in [0.05, 0.1) is 6.61 Å². The molecule has 3 heteroatoms. The largest absolute Gasteiger partial charge is 0.493 e. The van der Waals surface area contributed by atoms with Gasteiger partial charge >= 0.3 is 0 Å². The number of benzene rings is 1. The van der Waals surface area contributed by atoms with E-state index in [1.807, 2.05) is 0 Å². The van der Waals surface area contributed by atoms with Crippen LogP contribution < -0.4 is 15.4 Å². The Morgan fingerprint density at radius 1 is 1.21 bits per heavy atom. The first-order chi connectivity index (χ1) is 9.25. The fourth-order valence-electron chi connectivity index (χ4n) is 2.97. The molecule has 0 spiro atoms. The van der Waals surface area contributed by atoms with E-state index in [1.165, 1.54) is 36.9 Å². The molecule has 1 fully saturated rings. The van der Waals surface area contributed by atoms with Crippen LogP contribution in [0.3, 0.4) is 0 Å². The van der Waals surface area contributed by atoms with E-state index in [4.69, 9.17) is 4.74 Å². The minimum Gasteiger partial charge on any atom is -0.493 e. The molecule has 0 unspecified atom stereocenters. The number of anilines is 1. The average Bonchev–Trinajstić information content (AvgIpc) is 2.46. The van der Waals surface area contributed by atoms with Crippen LogP contribution in [0.5, 0.6) is 5.75 Å². The molecule has 2 N–H and O–H groups in total. The van der Waals surface area contributed by atoms with E-state index in [-0.39, 0.29) is 0 Å². The molecule has 0 bridgehead atoms. The highest BCUT2D eigenvalue weighted by Gasteiger charge is 2.27. The molecule has 2 heterocycles. The third kappa shape index (κ3) is 3.03. The second kappa shape index (κ2) is 5.41. The topological polar surface area (TPSA) is 33.3 Å². The van der Waals surface area contributed by atoms with Crippen molar-refractivity contribution >= 4 is 5.69 Å². The first kappa shape index (κ1) is 12.8. The van der Waals surface area contributed by atoms with Gasteiger partial charge in [0.15, 0.2) is 0 Å². The highest BCUT2D eigenvalue weighted by Crippen LogP contribution is 2.31. The van der Waals surface area contributed by atoms with Crippen LogP contribution in [0.25, 0.3) is 0 Å². The van der Waals surface area contributed by atoms with Crippen LogP contribution in [0.4, 0.5) is 5.69 Å². The molecule has 0 amide bonds. The van der Waals surface area contributed by atoms with E-state index in [1.54, 1.807) is 0 Å². The average molecular weight is 260 g/mol. The Morgan fingerprint density at radius 3 is 2.89 bits per heavy atom. The second-order valence-electron chi connectivity index (χ2n) is 6.20. The number of hydrogen-bond acceptors (Lipinski definition) is 3. The molecule has 3 nitrogen and oxygen atoms in total. The Balaban J connectivity index is 1.63. The van der Waals surface area contributed by atoms with Crippen molar-refractivity contribution < 1.29 is 4.74 Å². The summed E-state index contributed by atoms with van der Waals surface area (Å²) < 4.78 is 6.06. The summed E-state index contributed by atoms with van der Waals surface area (Å²) in [7, 11) is 0. The normalized spacial score (nSPS) is 21.3. The van der Waals surface area contributed by atoms with Gasteiger partial charge in [-0.15, -0.1) is 0 Å². The minimum atomic E-state index is 0.333. The zero-order chi connectivity index (χ0) is 13.1. The van der Waals surface area contributed by atoms with Crippen LogP contribution in [0.2, 0.25) is 0 Å². The van der Waals surface area contributed by atoms with Gasteiger partial charge in [-0.25, -0.2) is 0 Å². The van der Waals surface area contributed by atoms with Crippen molar-refractivity contribution in [1.82, 2.24) is 5.32 Å². The van der Waals surface area contributed by atoms with Crippen molar-refractivity contribution in [2.75, 3.05) is 31.6 Å². The van der Waals surface area contributed by atoms with E-state index in [9.17, 15) is 0 Å². The van der Waals surface area contributed by atoms with Crippen LogP contribution in [0.1, 0.15) is 31.7 Å². The van der Waals surface area contributed by atoms with Gasteiger partial charge in [0, 0.05) is 17.6 Å². The van der Waals surface area contributed by atoms with E-state index in [0.717, 1.165) is 32.0 Å². The van der Waals surface area contributed by atoms with E-state index >= 15 is 0 Å². The maximum Gasteiger partial charge on any atom is 0.119 e. The molecule has 104 valence electrons.